The molecular formula is C15H21NO3. The lowest BCUT2D eigenvalue weighted by molar-refractivity contribution is 0.0401. The van der Waals surface area contributed by atoms with Gasteiger partial charge in [-0.05, 0) is 37.1 Å². The SMILES string of the molecule is COc1ccc(C(=O)CN2CCC(OC)CC2)cc1. The minimum Gasteiger partial charge on any atom is -0.497 e. The molecule has 4 nitrogen and oxygen atoms in total. The van der Waals surface area contributed by atoms with Gasteiger partial charge in [-0.2, -0.15) is 0 Å². The Morgan fingerprint density at radius 2 is 1.84 bits per heavy atom. The van der Waals surface area contributed by atoms with Crippen molar-refractivity contribution < 1.29 is 14.3 Å². The highest BCUT2D eigenvalue weighted by atomic mass is 16.5. The van der Waals surface area contributed by atoms with Crippen LogP contribution >= 0.6 is 0 Å². The van der Waals surface area contributed by atoms with Gasteiger partial charge < -0.3 is 9.47 Å². The molecule has 1 heterocycles. The van der Waals surface area contributed by atoms with Gasteiger partial charge in [-0.1, -0.05) is 0 Å². The number of likely N-dealkylation sites (tertiary alicyclic amines) is 1. The molecule has 19 heavy (non-hydrogen) atoms. The third-order valence-electron chi connectivity index (χ3n) is 3.65. The Morgan fingerprint density at radius 3 is 2.37 bits per heavy atom. The monoisotopic (exact) mass is 263 g/mol. The van der Waals surface area contributed by atoms with E-state index in [0.717, 1.165) is 37.2 Å². The molecule has 0 unspecified atom stereocenters. The zero-order valence-electron chi connectivity index (χ0n) is 11.6. The van der Waals surface area contributed by atoms with Gasteiger partial charge in [-0.3, -0.25) is 9.69 Å². The van der Waals surface area contributed by atoms with Crippen LogP contribution in [-0.2, 0) is 4.74 Å². The van der Waals surface area contributed by atoms with Crippen molar-refractivity contribution in [3.05, 3.63) is 29.8 Å². The third-order valence-corrected chi connectivity index (χ3v) is 3.65. The number of hydrogen-bond acceptors (Lipinski definition) is 4. The molecule has 0 N–H and O–H groups in total. The number of benzene rings is 1. The third kappa shape index (κ3) is 3.78. The number of carbonyl (C=O) groups excluding carboxylic acids is 1. The standard InChI is InChI=1S/C15H21NO3/c1-18-13-5-3-12(4-6-13)15(17)11-16-9-7-14(19-2)8-10-16/h3-6,14H,7-11H2,1-2H3. The van der Waals surface area contributed by atoms with Crippen molar-refractivity contribution in [2.24, 2.45) is 0 Å². The number of Topliss-reactive ketones (excluding diaryl/α,β-unsaturated/α-hetero) is 1. The van der Waals surface area contributed by atoms with Crippen molar-refractivity contribution in [3.63, 3.8) is 0 Å². The van der Waals surface area contributed by atoms with Crippen LogP contribution < -0.4 is 4.74 Å². The lowest BCUT2D eigenvalue weighted by atomic mass is 10.1. The van der Waals surface area contributed by atoms with E-state index in [9.17, 15) is 4.79 Å². The van der Waals surface area contributed by atoms with Crippen LogP contribution in [0.2, 0.25) is 0 Å². The van der Waals surface area contributed by atoms with Gasteiger partial charge in [0.25, 0.3) is 0 Å². The van der Waals surface area contributed by atoms with Gasteiger partial charge >= 0.3 is 0 Å². The lowest BCUT2D eigenvalue weighted by Crippen LogP contribution is -2.39. The lowest BCUT2D eigenvalue weighted by Gasteiger charge is -2.30. The highest BCUT2D eigenvalue weighted by Gasteiger charge is 2.20. The number of carbonyl (C=O) groups is 1. The molecule has 1 saturated heterocycles. The molecule has 104 valence electrons. The zero-order valence-corrected chi connectivity index (χ0v) is 11.6. The summed E-state index contributed by atoms with van der Waals surface area (Å²) in [6.07, 6.45) is 2.37. The number of methoxy groups -OCH3 is 2. The van der Waals surface area contributed by atoms with Crippen LogP contribution in [0, 0.1) is 0 Å². The second-order valence-corrected chi connectivity index (χ2v) is 4.86. The Labute approximate surface area is 114 Å². The number of piperidine rings is 1. The van der Waals surface area contributed by atoms with Crippen molar-refractivity contribution in [3.8, 4) is 5.75 Å². The summed E-state index contributed by atoms with van der Waals surface area (Å²) in [5.41, 5.74) is 0.745. The van der Waals surface area contributed by atoms with E-state index < -0.39 is 0 Å². The van der Waals surface area contributed by atoms with E-state index in [-0.39, 0.29) is 5.78 Å². The number of ether oxygens (including phenoxy) is 2. The first-order valence-electron chi connectivity index (χ1n) is 6.65. The fourth-order valence-corrected chi connectivity index (χ4v) is 2.37. The molecule has 1 aromatic carbocycles. The average Bonchev–Trinajstić information content (AvgIpc) is 2.48. The largest absolute Gasteiger partial charge is 0.497 e. The molecule has 0 radical (unpaired) electrons. The van der Waals surface area contributed by atoms with Crippen LogP contribution in [0.5, 0.6) is 5.75 Å². The maximum atomic E-state index is 12.1. The topological polar surface area (TPSA) is 38.8 Å². The minimum absolute atomic E-state index is 0.165. The van der Waals surface area contributed by atoms with Gasteiger partial charge in [0.05, 0.1) is 19.8 Å². The second kappa shape index (κ2) is 6.68. The molecule has 0 spiro atoms. The van der Waals surface area contributed by atoms with E-state index in [2.05, 4.69) is 4.90 Å². The Balaban J connectivity index is 1.87. The molecule has 1 aliphatic heterocycles. The van der Waals surface area contributed by atoms with Crippen LogP contribution in [0.1, 0.15) is 23.2 Å². The highest BCUT2D eigenvalue weighted by Crippen LogP contribution is 2.15. The normalized spacial score (nSPS) is 17.4. The van der Waals surface area contributed by atoms with Crippen molar-refractivity contribution >= 4 is 5.78 Å². The Morgan fingerprint density at radius 1 is 1.21 bits per heavy atom. The summed E-state index contributed by atoms with van der Waals surface area (Å²) in [6, 6.07) is 7.29. The zero-order chi connectivity index (χ0) is 13.7. The van der Waals surface area contributed by atoms with Crippen molar-refractivity contribution in [1.82, 2.24) is 4.90 Å². The quantitative estimate of drug-likeness (QED) is 0.762. The molecule has 1 aromatic rings. The summed E-state index contributed by atoms with van der Waals surface area (Å²) in [4.78, 5) is 14.3. The van der Waals surface area contributed by atoms with E-state index in [1.54, 1.807) is 14.2 Å². The molecular weight excluding hydrogens is 242 g/mol. The molecule has 0 atom stereocenters. The number of rotatable bonds is 5. The molecule has 2 rings (SSSR count). The molecule has 0 saturated carbocycles. The van der Waals surface area contributed by atoms with Gasteiger partial charge in [0.2, 0.25) is 0 Å². The average molecular weight is 263 g/mol. The van der Waals surface area contributed by atoms with Crippen LogP contribution in [0.3, 0.4) is 0 Å². The molecule has 1 aliphatic rings. The van der Waals surface area contributed by atoms with Gasteiger partial charge in [-0.25, -0.2) is 0 Å². The maximum absolute atomic E-state index is 12.1. The van der Waals surface area contributed by atoms with E-state index in [4.69, 9.17) is 9.47 Å². The van der Waals surface area contributed by atoms with Gasteiger partial charge in [0, 0.05) is 25.8 Å². The van der Waals surface area contributed by atoms with Gasteiger partial charge in [0.15, 0.2) is 5.78 Å². The van der Waals surface area contributed by atoms with Crippen molar-refractivity contribution in [2.45, 2.75) is 18.9 Å². The molecule has 0 aromatic heterocycles. The van der Waals surface area contributed by atoms with E-state index in [0.29, 0.717) is 12.6 Å². The maximum Gasteiger partial charge on any atom is 0.176 e. The Hall–Kier alpha value is -1.39. The summed E-state index contributed by atoms with van der Waals surface area (Å²) in [5.74, 6) is 0.941. The minimum atomic E-state index is 0.165. The molecule has 0 bridgehead atoms. The first kappa shape index (κ1) is 14.0. The summed E-state index contributed by atoms with van der Waals surface area (Å²) in [5, 5.41) is 0. The van der Waals surface area contributed by atoms with E-state index >= 15 is 0 Å². The molecule has 0 amide bonds. The predicted octanol–water partition coefficient (Wildman–Crippen LogP) is 1.99. The van der Waals surface area contributed by atoms with Crippen LogP contribution in [0.4, 0.5) is 0 Å². The fraction of sp³-hybridized carbons (Fsp3) is 0.533. The van der Waals surface area contributed by atoms with Gasteiger partial charge in [0.1, 0.15) is 5.75 Å². The first-order chi connectivity index (χ1) is 9.22. The summed E-state index contributed by atoms with van der Waals surface area (Å²) < 4.78 is 10.4. The van der Waals surface area contributed by atoms with E-state index in [1.807, 2.05) is 24.3 Å². The van der Waals surface area contributed by atoms with E-state index in [1.165, 1.54) is 0 Å². The fourth-order valence-electron chi connectivity index (χ4n) is 2.37. The second-order valence-electron chi connectivity index (χ2n) is 4.86. The summed E-state index contributed by atoms with van der Waals surface area (Å²) in [7, 11) is 3.37. The molecule has 0 aliphatic carbocycles. The van der Waals surface area contributed by atoms with Crippen molar-refractivity contribution in [2.75, 3.05) is 33.9 Å². The summed E-state index contributed by atoms with van der Waals surface area (Å²) in [6.45, 7) is 2.35. The molecule has 1 fully saturated rings. The van der Waals surface area contributed by atoms with Gasteiger partial charge in [-0.15, -0.1) is 0 Å². The summed E-state index contributed by atoms with van der Waals surface area (Å²) >= 11 is 0. The van der Waals surface area contributed by atoms with Crippen molar-refractivity contribution in [1.29, 1.82) is 0 Å². The molecule has 4 heteroatoms. The number of nitrogens with zero attached hydrogens (tertiary/aromatic N) is 1. The van der Waals surface area contributed by atoms with Crippen LogP contribution in [0.25, 0.3) is 0 Å². The Bertz CT molecular complexity index is 408. The first-order valence-corrected chi connectivity index (χ1v) is 6.65. The van der Waals surface area contributed by atoms with Crippen LogP contribution in [-0.4, -0.2) is 50.6 Å². The van der Waals surface area contributed by atoms with Crippen LogP contribution in [0.15, 0.2) is 24.3 Å². The predicted molar refractivity (Wildman–Crippen MR) is 73.8 cm³/mol. The highest BCUT2D eigenvalue weighted by molar-refractivity contribution is 5.97. The Kier molecular flexibility index (Phi) is 4.93. The smallest absolute Gasteiger partial charge is 0.176 e. The number of ketones is 1. The number of hydrogen-bond donors (Lipinski definition) is 0.